The van der Waals surface area contributed by atoms with Crippen molar-refractivity contribution in [2.75, 3.05) is 10.6 Å². The van der Waals surface area contributed by atoms with Crippen LogP contribution in [0.15, 0.2) is 60.9 Å². The van der Waals surface area contributed by atoms with E-state index in [1.807, 2.05) is 55.5 Å². The number of hydrogen-bond donors (Lipinski definition) is 2. The predicted octanol–water partition coefficient (Wildman–Crippen LogP) is 4.34. The highest BCUT2D eigenvalue weighted by Gasteiger charge is 2.08. The Morgan fingerprint density at radius 2 is 1.72 bits per heavy atom. The molecule has 0 saturated heterocycles. The van der Waals surface area contributed by atoms with Crippen molar-refractivity contribution in [3.05, 3.63) is 77.6 Å². The van der Waals surface area contributed by atoms with Gasteiger partial charge in [-0.25, -0.2) is 9.97 Å². The Hall–Kier alpha value is -3.21. The molecular weight excluding hydrogens is 312 g/mol. The molecule has 0 aliphatic rings. The van der Waals surface area contributed by atoms with E-state index in [4.69, 9.17) is 0 Å². The lowest BCUT2D eigenvalue weighted by atomic mass is 10.1. The number of hydrogen-bond acceptors (Lipinski definition) is 4. The van der Waals surface area contributed by atoms with Crippen molar-refractivity contribution < 1.29 is 4.79 Å². The molecule has 5 nitrogen and oxygen atoms in total. The molecule has 3 rings (SSSR count). The van der Waals surface area contributed by atoms with Gasteiger partial charge in [-0.3, -0.25) is 4.79 Å². The largest absolute Gasteiger partial charge is 0.324 e. The third-order valence-electron chi connectivity index (χ3n) is 3.81. The smallest absolute Gasteiger partial charge is 0.258 e. The predicted molar refractivity (Wildman–Crippen MR) is 100 cm³/mol. The molecule has 1 heterocycles. The van der Waals surface area contributed by atoms with Crippen molar-refractivity contribution in [3.8, 4) is 0 Å². The highest BCUT2D eigenvalue weighted by molar-refractivity contribution is 6.03. The van der Waals surface area contributed by atoms with E-state index < -0.39 is 0 Å². The number of aryl methyl sites for hydroxylation is 2. The van der Waals surface area contributed by atoms with E-state index in [1.165, 1.54) is 18.0 Å². The lowest BCUT2D eigenvalue weighted by molar-refractivity contribution is 0.102. The molecule has 0 radical (unpaired) electrons. The van der Waals surface area contributed by atoms with Crippen LogP contribution in [-0.4, -0.2) is 15.9 Å². The van der Waals surface area contributed by atoms with Gasteiger partial charge in [-0.05, 0) is 48.7 Å². The normalized spacial score (nSPS) is 10.3. The van der Waals surface area contributed by atoms with Crippen LogP contribution in [-0.2, 0) is 6.42 Å². The number of carbonyl (C=O) groups excluding carboxylic acids is 1. The molecule has 0 aliphatic carbocycles. The van der Waals surface area contributed by atoms with Gasteiger partial charge in [-0.1, -0.05) is 31.2 Å². The maximum atomic E-state index is 12.3. The Kier molecular flexibility index (Phi) is 5.04. The molecule has 126 valence electrons. The first-order valence-electron chi connectivity index (χ1n) is 8.20. The first-order valence-corrected chi connectivity index (χ1v) is 8.20. The Bertz CT molecular complexity index is 858. The molecule has 3 aromatic rings. The second-order valence-electron chi connectivity index (χ2n) is 5.79. The molecule has 1 amide bonds. The molecule has 5 heteroatoms. The summed E-state index contributed by atoms with van der Waals surface area (Å²) in [7, 11) is 0. The molecule has 0 saturated carbocycles. The fraction of sp³-hybridized carbons (Fsp3) is 0.150. The Morgan fingerprint density at radius 3 is 2.36 bits per heavy atom. The van der Waals surface area contributed by atoms with Crippen molar-refractivity contribution in [2.45, 2.75) is 20.3 Å². The van der Waals surface area contributed by atoms with Crippen LogP contribution >= 0.6 is 0 Å². The van der Waals surface area contributed by atoms with E-state index in [9.17, 15) is 4.79 Å². The van der Waals surface area contributed by atoms with Crippen molar-refractivity contribution in [1.29, 1.82) is 0 Å². The van der Waals surface area contributed by atoms with E-state index in [0.717, 1.165) is 23.4 Å². The molecule has 25 heavy (non-hydrogen) atoms. The minimum atomic E-state index is -0.230. The van der Waals surface area contributed by atoms with E-state index in [2.05, 4.69) is 27.5 Å². The topological polar surface area (TPSA) is 66.9 Å². The van der Waals surface area contributed by atoms with E-state index in [-0.39, 0.29) is 5.91 Å². The van der Waals surface area contributed by atoms with Crippen LogP contribution in [0.3, 0.4) is 0 Å². The summed E-state index contributed by atoms with van der Waals surface area (Å²) in [6.45, 7) is 4.11. The summed E-state index contributed by atoms with van der Waals surface area (Å²) in [5.74, 6) is 0.223. The zero-order valence-corrected chi connectivity index (χ0v) is 14.3. The van der Waals surface area contributed by atoms with Gasteiger partial charge in [0.2, 0.25) is 5.95 Å². The number of rotatable bonds is 5. The van der Waals surface area contributed by atoms with Gasteiger partial charge in [0, 0.05) is 23.8 Å². The fourth-order valence-electron chi connectivity index (χ4n) is 2.39. The summed E-state index contributed by atoms with van der Waals surface area (Å²) in [6, 6.07) is 15.7. The minimum absolute atomic E-state index is 0.230. The average molecular weight is 332 g/mol. The van der Waals surface area contributed by atoms with E-state index in [0.29, 0.717) is 11.5 Å². The third kappa shape index (κ3) is 4.41. The fourth-order valence-corrected chi connectivity index (χ4v) is 2.39. The highest BCUT2D eigenvalue weighted by Crippen LogP contribution is 2.15. The molecule has 0 atom stereocenters. The van der Waals surface area contributed by atoms with Gasteiger partial charge in [-0.2, -0.15) is 0 Å². The SMILES string of the molecule is CCc1ccc(NC(=O)c2cnc(Nc3cccc(C)c3)nc2)cc1. The standard InChI is InChI=1S/C20H20N4O/c1-3-15-7-9-17(10-8-15)23-19(25)16-12-21-20(22-13-16)24-18-6-4-5-14(2)11-18/h4-13H,3H2,1-2H3,(H,23,25)(H,21,22,24). The summed E-state index contributed by atoms with van der Waals surface area (Å²) >= 11 is 0. The first-order chi connectivity index (χ1) is 12.1. The highest BCUT2D eigenvalue weighted by atomic mass is 16.1. The van der Waals surface area contributed by atoms with Gasteiger partial charge in [0.15, 0.2) is 0 Å². The maximum absolute atomic E-state index is 12.3. The second-order valence-corrected chi connectivity index (χ2v) is 5.79. The van der Waals surface area contributed by atoms with Crippen molar-refractivity contribution in [1.82, 2.24) is 9.97 Å². The van der Waals surface area contributed by atoms with Crippen molar-refractivity contribution in [3.63, 3.8) is 0 Å². The van der Waals surface area contributed by atoms with E-state index in [1.54, 1.807) is 0 Å². The molecule has 0 spiro atoms. The van der Waals surface area contributed by atoms with Crippen LogP contribution in [0.25, 0.3) is 0 Å². The number of nitrogens with one attached hydrogen (secondary N) is 2. The van der Waals surface area contributed by atoms with Gasteiger partial charge in [0.05, 0.1) is 5.56 Å². The number of anilines is 3. The zero-order chi connectivity index (χ0) is 17.6. The minimum Gasteiger partial charge on any atom is -0.324 e. The average Bonchev–Trinajstić information content (AvgIpc) is 2.63. The summed E-state index contributed by atoms with van der Waals surface area (Å²) in [6.07, 6.45) is 4.00. The van der Waals surface area contributed by atoms with Crippen LogP contribution in [0.4, 0.5) is 17.3 Å². The third-order valence-corrected chi connectivity index (χ3v) is 3.81. The molecule has 0 unspecified atom stereocenters. The maximum Gasteiger partial charge on any atom is 0.258 e. The van der Waals surface area contributed by atoms with Crippen molar-refractivity contribution >= 4 is 23.2 Å². The van der Waals surface area contributed by atoms with Crippen LogP contribution in [0.5, 0.6) is 0 Å². The van der Waals surface area contributed by atoms with Gasteiger partial charge in [-0.15, -0.1) is 0 Å². The van der Waals surface area contributed by atoms with Gasteiger partial charge >= 0.3 is 0 Å². The number of nitrogens with zero attached hydrogens (tertiary/aromatic N) is 2. The molecular formula is C20H20N4O. The second kappa shape index (κ2) is 7.57. The van der Waals surface area contributed by atoms with E-state index >= 15 is 0 Å². The first kappa shape index (κ1) is 16.6. The monoisotopic (exact) mass is 332 g/mol. The molecule has 0 aliphatic heterocycles. The Morgan fingerprint density at radius 1 is 1.00 bits per heavy atom. The van der Waals surface area contributed by atoms with Gasteiger partial charge in [0.1, 0.15) is 0 Å². The molecule has 1 aromatic heterocycles. The summed E-state index contributed by atoms with van der Waals surface area (Å²) < 4.78 is 0. The van der Waals surface area contributed by atoms with Crippen LogP contribution in [0.2, 0.25) is 0 Å². The molecule has 2 aromatic carbocycles. The van der Waals surface area contributed by atoms with Gasteiger partial charge < -0.3 is 10.6 Å². The van der Waals surface area contributed by atoms with Crippen molar-refractivity contribution in [2.24, 2.45) is 0 Å². The summed E-state index contributed by atoms with van der Waals surface area (Å²) in [5, 5.41) is 5.97. The van der Waals surface area contributed by atoms with Gasteiger partial charge in [0.25, 0.3) is 5.91 Å². The lowest BCUT2D eigenvalue weighted by Crippen LogP contribution is -2.13. The number of carbonyl (C=O) groups is 1. The molecule has 2 N–H and O–H groups in total. The lowest BCUT2D eigenvalue weighted by Gasteiger charge is -2.07. The summed E-state index contributed by atoms with van der Waals surface area (Å²) in [5.41, 5.74) is 4.45. The molecule has 0 bridgehead atoms. The van der Waals surface area contributed by atoms with Crippen LogP contribution < -0.4 is 10.6 Å². The molecule has 0 fully saturated rings. The number of aromatic nitrogens is 2. The Labute approximate surface area is 147 Å². The number of benzene rings is 2. The quantitative estimate of drug-likeness (QED) is 0.729. The summed E-state index contributed by atoms with van der Waals surface area (Å²) in [4.78, 5) is 20.7. The van der Waals surface area contributed by atoms with Crippen LogP contribution in [0, 0.1) is 6.92 Å². The number of amides is 1. The zero-order valence-electron chi connectivity index (χ0n) is 14.3. The van der Waals surface area contributed by atoms with Crippen LogP contribution in [0.1, 0.15) is 28.4 Å². The Balaban J connectivity index is 1.65.